The van der Waals surface area contributed by atoms with Crippen LogP contribution in [0.3, 0.4) is 0 Å². The molecule has 134 valence electrons. The summed E-state index contributed by atoms with van der Waals surface area (Å²) in [6.07, 6.45) is 1.78. The van der Waals surface area contributed by atoms with E-state index in [0.29, 0.717) is 23.1 Å². The first-order chi connectivity index (χ1) is 12.6. The molecule has 0 spiro atoms. The average Bonchev–Trinajstić information content (AvgIpc) is 3.01. The molecular weight excluding hydrogens is 344 g/mol. The van der Waals surface area contributed by atoms with E-state index in [1.54, 1.807) is 10.9 Å². The Labute approximate surface area is 158 Å². The van der Waals surface area contributed by atoms with Gasteiger partial charge in [-0.2, -0.15) is 14.9 Å². The van der Waals surface area contributed by atoms with E-state index in [9.17, 15) is 0 Å². The minimum atomic E-state index is 0.442. The number of ether oxygens (including phenoxy) is 1. The Morgan fingerprint density at radius 1 is 1.23 bits per heavy atom. The van der Waals surface area contributed by atoms with E-state index in [2.05, 4.69) is 53.4 Å². The van der Waals surface area contributed by atoms with E-state index < -0.39 is 0 Å². The van der Waals surface area contributed by atoms with Gasteiger partial charge in [-0.25, -0.2) is 5.10 Å². The van der Waals surface area contributed by atoms with Gasteiger partial charge in [0, 0.05) is 5.56 Å². The van der Waals surface area contributed by atoms with Gasteiger partial charge in [-0.05, 0) is 48.3 Å². The highest BCUT2D eigenvalue weighted by Gasteiger charge is 2.09. The lowest BCUT2D eigenvalue weighted by Gasteiger charge is -2.06. The van der Waals surface area contributed by atoms with Gasteiger partial charge in [-0.1, -0.05) is 50.2 Å². The van der Waals surface area contributed by atoms with Crippen LogP contribution >= 0.6 is 12.2 Å². The van der Waals surface area contributed by atoms with Crippen molar-refractivity contribution in [1.82, 2.24) is 14.9 Å². The number of hydrogen-bond acceptors (Lipinski definition) is 4. The molecule has 0 aliphatic heterocycles. The van der Waals surface area contributed by atoms with Gasteiger partial charge in [0.1, 0.15) is 5.75 Å². The normalized spacial score (nSPS) is 11.4. The summed E-state index contributed by atoms with van der Waals surface area (Å²) in [4.78, 5) is 0. The summed E-state index contributed by atoms with van der Waals surface area (Å²) in [5.74, 6) is 1.94. The number of aromatic amines is 1. The highest BCUT2D eigenvalue weighted by atomic mass is 32.1. The van der Waals surface area contributed by atoms with Crippen molar-refractivity contribution < 1.29 is 4.74 Å². The van der Waals surface area contributed by atoms with Crippen molar-refractivity contribution >= 4 is 18.4 Å². The Morgan fingerprint density at radius 2 is 2.00 bits per heavy atom. The average molecular weight is 366 g/mol. The topological polar surface area (TPSA) is 55.2 Å². The SMILES string of the molecule is CCOc1cccc(-c2n[nH]c(=S)n2/N=C\c2ccc(C(C)C)cc2)c1. The Bertz CT molecular complexity index is 954. The van der Waals surface area contributed by atoms with Crippen LogP contribution in [-0.4, -0.2) is 27.7 Å². The molecule has 1 N–H and O–H groups in total. The van der Waals surface area contributed by atoms with Gasteiger partial charge in [0.05, 0.1) is 12.8 Å². The van der Waals surface area contributed by atoms with Crippen LogP contribution < -0.4 is 4.74 Å². The van der Waals surface area contributed by atoms with Crippen molar-refractivity contribution in [1.29, 1.82) is 0 Å². The second-order valence-electron chi connectivity index (χ2n) is 6.19. The molecule has 5 nitrogen and oxygen atoms in total. The fourth-order valence-electron chi connectivity index (χ4n) is 2.57. The van der Waals surface area contributed by atoms with Crippen LogP contribution in [0.2, 0.25) is 0 Å². The molecule has 26 heavy (non-hydrogen) atoms. The van der Waals surface area contributed by atoms with Gasteiger partial charge in [0.25, 0.3) is 0 Å². The number of rotatable bonds is 6. The van der Waals surface area contributed by atoms with E-state index in [-0.39, 0.29) is 0 Å². The molecule has 6 heteroatoms. The molecule has 1 heterocycles. The molecule has 0 amide bonds. The zero-order valence-corrected chi connectivity index (χ0v) is 16.0. The maximum atomic E-state index is 5.56. The summed E-state index contributed by atoms with van der Waals surface area (Å²) in [5.41, 5.74) is 3.19. The molecular formula is C20H22N4OS. The standard InChI is InChI=1S/C20H22N4OS/c1-4-25-18-7-5-6-17(12-18)19-22-23-20(26)24(19)21-13-15-8-10-16(11-9-15)14(2)3/h5-14H,4H2,1-3H3,(H,23,26)/b21-13-. The van der Waals surface area contributed by atoms with Gasteiger partial charge in [0.15, 0.2) is 5.82 Å². The van der Waals surface area contributed by atoms with E-state index >= 15 is 0 Å². The Kier molecular flexibility index (Phi) is 5.63. The fourth-order valence-corrected chi connectivity index (χ4v) is 2.75. The van der Waals surface area contributed by atoms with Gasteiger partial charge in [-0.15, -0.1) is 0 Å². The second-order valence-corrected chi connectivity index (χ2v) is 6.58. The molecule has 0 aliphatic rings. The van der Waals surface area contributed by atoms with Gasteiger partial charge >= 0.3 is 0 Å². The molecule has 0 radical (unpaired) electrons. The molecule has 0 bridgehead atoms. The van der Waals surface area contributed by atoms with E-state index in [1.165, 1.54) is 5.56 Å². The summed E-state index contributed by atoms with van der Waals surface area (Å²) < 4.78 is 7.63. The Morgan fingerprint density at radius 3 is 2.69 bits per heavy atom. The van der Waals surface area contributed by atoms with Crippen molar-refractivity contribution in [2.75, 3.05) is 6.61 Å². The summed E-state index contributed by atoms with van der Waals surface area (Å²) in [7, 11) is 0. The zero-order chi connectivity index (χ0) is 18.5. The monoisotopic (exact) mass is 366 g/mol. The molecule has 0 saturated heterocycles. The number of hydrogen-bond donors (Lipinski definition) is 1. The van der Waals surface area contributed by atoms with E-state index in [0.717, 1.165) is 16.9 Å². The van der Waals surface area contributed by atoms with Crippen molar-refractivity contribution in [3.8, 4) is 17.1 Å². The Balaban J connectivity index is 1.91. The van der Waals surface area contributed by atoms with E-state index in [4.69, 9.17) is 17.0 Å². The van der Waals surface area contributed by atoms with Crippen molar-refractivity contribution in [3.05, 3.63) is 64.4 Å². The number of nitrogens with one attached hydrogen (secondary N) is 1. The van der Waals surface area contributed by atoms with Crippen molar-refractivity contribution in [2.24, 2.45) is 5.10 Å². The first kappa shape index (κ1) is 18.1. The van der Waals surface area contributed by atoms with Crippen LogP contribution in [0.15, 0.2) is 53.6 Å². The number of nitrogens with zero attached hydrogens (tertiary/aromatic N) is 3. The van der Waals surface area contributed by atoms with Crippen LogP contribution in [0.25, 0.3) is 11.4 Å². The smallest absolute Gasteiger partial charge is 0.216 e. The lowest BCUT2D eigenvalue weighted by Crippen LogP contribution is -1.96. The van der Waals surface area contributed by atoms with Crippen molar-refractivity contribution in [2.45, 2.75) is 26.7 Å². The molecule has 0 fully saturated rings. The van der Waals surface area contributed by atoms with Crippen LogP contribution in [-0.2, 0) is 0 Å². The molecule has 0 unspecified atom stereocenters. The van der Waals surface area contributed by atoms with Crippen LogP contribution in [0, 0.1) is 4.77 Å². The quantitative estimate of drug-likeness (QED) is 0.493. The molecule has 3 rings (SSSR count). The molecule has 0 atom stereocenters. The van der Waals surface area contributed by atoms with Crippen LogP contribution in [0.5, 0.6) is 5.75 Å². The van der Waals surface area contributed by atoms with Gasteiger partial charge in [-0.3, -0.25) is 0 Å². The summed E-state index contributed by atoms with van der Waals surface area (Å²) in [6.45, 7) is 6.92. The first-order valence-corrected chi connectivity index (χ1v) is 9.04. The number of aromatic nitrogens is 3. The molecule has 0 saturated carbocycles. The fraction of sp³-hybridized carbons (Fsp3) is 0.250. The van der Waals surface area contributed by atoms with E-state index in [1.807, 2.05) is 31.2 Å². The Hall–Kier alpha value is -2.73. The maximum Gasteiger partial charge on any atom is 0.216 e. The summed E-state index contributed by atoms with van der Waals surface area (Å²) in [5, 5.41) is 11.6. The summed E-state index contributed by atoms with van der Waals surface area (Å²) in [6, 6.07) is 16.1. The number of benzene rings is 2. The molecule has 1 aromatic heterocycles. The molecule has 2 aromatic carbocycles. The largest absolute Gasteiger partial charge is 0.494 e. The van der Waals surface area contributed by atoms with Gasteiger partial charge < -0.3 is 4.74 Å². The highest BCUT2D eigenvalue weighted by molar-refractivity contribution is 7.71. The van der Waals surface area contributed by atoms with Crippen LogP contribution in [0.4, 0.5) is 0 Å². The second kappa shape index (κ2) is 8.10. The first-order valence-electron chi connectivity index (χ1n) is 8.63. The minimum absolute atomic E-state index is 0.442. The predicted octanol–water partition coefficient (Wildman–Crippen LogP) is 5.01. The maximum absolute atomic E-state index is 5.56. The van der Waals surface area contributed by atoms with Crippen molar-refractivity contribution in [3.63, 3.8) is 0 Å². The minimum Gasteiger partial charge on any atom is -0.494 e. The lowest BCUT2D eigenvalue weighted by atomic mass is 10.0. The summed E-state index contributed by atoms with van der Waals surface area (Å²) >= 11 is 5.33. The third-order valence-corrected chi connectivity index (χ3v) is 4.24. The zero-order valence-electron chi connectivity index (χ0n) is 15.1. The predicted molar refractivity (Wildman–Crippen MR) is 108 cm³/mol. The lowest BCUT2D eigenvalue weighted by molar-refractivity contribution is 0.340. The molecule has 3 aromatic rings. The third kappa shape index (κ3) is 4.08. The molecule has 0 aliphatic carbocycles. The number of H-pyrrole nitrogens is 1. The highest BCUT2D eigenvalue weighted by Crippen LogP contribution is 2.22. The van der Waals surface area contributed by atoms with Crippen LogP contribution in [0.1, 0.15) is 37.8 Å². The van der Waals surface area contributed by atoms with Gasteiger partial charge in [0.2, 0.25) is 4.77 Å². The third-order valence-electron chi connectivity index (χ3n) is 3.98.